The monoisotopic (exact) mass is 356 g/mol. The van der Waals surface area contributed by atoms with Gasteiger partial charge in [-0.15, -0.1) is 11.3 Å². The predicted octanol–water partition coefficient (Wildman–Crippen LogP) is 4.95. The number of aromatic nitrogens is 1. The second kappa shape index (κ2) is 7.69. The highest BCUT2D eigenvalue weighted by molar-refractivity contribution is 7.13. The standard InChI is InChI=1S/C21H28N2OS/c1-5-16-6-8-17(9-7-16)21-22-18(13-25-21)12-20(24)23(19-10-11-19)15(4)14(2)3/h6-9,13-15,19H,5,10-12H2,1-4H3. The average molecular weight is 357 g/mol. The van der Waals surface area contributed by atoms with Crippen molar-refractivity contribution in [1.29, 1.82) is 0 Å². The molecule has 1 amide bonds. The molecule has 0 spiro atoms. The molecule has 134 valence electrons. The Morgan fingerprint density at radius 2 is 1.92 bits per heavy atom. The van der Waals surface area contributed by atoms with Gasteiger partial charge in [0.05, 0.1) is 12.1 Å². The van der Waals surface area contributed by atoms with Crippen molar-refractivity contribution in [3.05, 3.63) is 40.9 Å². The van der Waals surface area contributed by atoms with Crippen LogP contribution in [0, 0.1) is 5.92 Å². The maximum absolute atomic E-state index is 12.9. The number of carbonyl (C=O) groups excluding carboxylic acids is 1. The summed E-state index contributed by atoms with van der Waals surface area (Å²) >= 11 is 1.63. The Morgan fingerprint density at radius 3 is 2.48 bits per heavy atom. The molecule has 1 unspecified atom stereocenters. The lowest BCUT2D eigenvalue weighted by atomic mass is 10.0. The van der Waals surface area contributed by atoms with Gasteiger partial charge in [0.1, 0.15) is 5.01 Å². The summed E-state index contributed by atoms with van der Waals surface area (Å²) in [6, 6.07) is 9.30. The summed E-state index contributed by atoms with van der Waals surface area (Å²) in [4.78, 5) is 19.7. The summed E-state index contributed by atoms with van der Waals surface area (Å²) in [5, 5.41) is 3.03. The van der Waals surface area contributed by atoms with E-state index in [0.717, 1.165) is 35.5 Å². The van der Waals surface area contributed by atoms with Gasteiger partial charge in [-0.3, -0.25) is 4.79 Å². The highest BCUT2D eigenvalue weighted by Crippen LogP contribution is 2.32. The molecule has 0 saturated heterocycles. The highest BCUT2D eigenvalue weighted by Gasteiger charge is 2.36. The molecule has 0 bridgehead atoms. The third-order valence-corrected chi connectivity index (χ3v) is 6.07. The fourth-order valence-corrected chi connectivity index (χ4v) is 3.91. The predicted molar refractivity (Wildman–Crippen MR) is 105 cm³/mol. The SMILES string of the molecule is CCc1ccc(-c2nc(CC(=O)N(C3CC3)C(C)C(C)C)cs2)cc1. The lowest BCUT2D eigenvalue weighted by Crippen LogP contribution is -2.43. The first-order chi connectivity index (χ1) is 12.0. The van der Waals surface area contributed by atoms with Crippen molar-refractivity contribution in [2.75, 3.05) is 0 Å². The van der Waals surface area contributed by atoms with Crippen molar-refractivity contribution < 1.29 is 4.79 Å². The molecule has 1 aromatic heterocycles. The lowest BCUT2D eigenvalue weighted by molar-refractivity contribution is -0.134. The van der Waals surface area contributed by atoms with E-state index in [1.54, 1.807) is 11.3 Å². The first-order valence-electron chi connectivity index (χ1n) is 9.34. The number of aryl methyl sites for hydroxylation is 1. The van der Waals surface area contributed by atoms with Crippen molar-refractivity contribution in [3.8, 4) is 10.6 Å². The Balaban J connectivity index is 1.70. The first-order valence-corrected chi connectivity index (χ1v) is 10.2. The molecule has 3 nitrogen and oxygen atoms in total. The quantitative estimate of drug-likeness (QED) is 0.703. The molecule has 4 heteroatoms. The van der Waals surface area contributed by atoms with Gasteiger partial charge < -0.3 is 4.90 Å². The zero-order chi connectivity index (χ0) is 18.0. The molecule has 1 atom stereocenters. The summed E-state index contributed by atoms with van der Waals surface area (Å²) in [6.45, 7) is 8.71. The summed E-state index contributed by atoms with van der Waals surface area (Å²) in [5.41, 5.74) is 3.36. The Bertz CT molecular complexity index is 716. The maximum atomic E-state index is 12.9. The first kappa shape index (κ1) is 18.1. The van der Waals surface area contributed by atoms with Crippen LogP contribution in [0.4, 0.5) is 0 Å². The third-order valence-electron chi connectivity index (χ3n) is 5.13. The Morgan fingerprint density at radius 1 is 1.24 bits per heavy atom. The Hall–Kier alpha value is -1.68. The van der Waals surface area contributed by atoms with Crippen LogP contribution in [0.15, 0.2) is 29.6 Å². The van der Waals surface area contributed by atoms with Crippen LogP contribution in [0.5, 0.6) is 0 Å². The molecule has 1 aliphatic rings. The van der Waals surface area contributed by atoms with Gasteiger partial charge in [0.2, 0.25) is 5.91 Å². The van der Waals surface area contributed by atoms with Crippen LogP contribution < -0.4 is 0 Å². The number of nitrogens with zero attached hydrogens (tertiary/aromatic N) is 2. The summed E-state index contributed by atoms with van der Waals surface area (Å²) in [7, 11) is 0. The fourth-order valence-electron chi connectivity index (χ4n) is 3.09. The van der Waals surface area contributed by atoms with Crippen LogP contribution in [0.25, 0.3) is 10.6 Å². The number of rotatable bonds is 7. The molecule has 3 rings (SSSR count). The van der Waals surface area contributed by atoms with E-state index in [1.165, 1.54) is 5.56 Å². The number of hydrogen-bond acceptors (Lipinski definition) is 3. The Kier molecular flexibility index (Phi) is 5.57. The summed E-state index contributed by atoms with van der Waals surface area (Å²) in [5.74, 6) is 0.703. The van der Waals surface area contributed by atoms with Gasteiger partial charge in [0.25, 0.3) is 0 Å². The van der Waals surface area contributed by atoms with Crippen molar-refractivity contribution in [2.24, 2.45) is 5.92 Å². The number of carbonyl (C=O) groups is 1. The van der Waals surface area contributed by atoms with Crippen LogP contribution >= 0.6 is 11.3 Å². The second-order valence-corrected chi connectivity index (χ2v) is 8.25. The molecule has 0 aliphatic heterocycles. The average Bonchev–Trinajstić information content (AvgIpc) is 3.32. The van der Waals surface area contributed by atoms with Gasteiger partial charge >= 0.3 is 0 Å². The molecule has 1 fully saturated rings. The number of amides is 1. The number of thiazole rings is 1. The molecule has 1 aromatic carbocycles. The summed E-state index contributed by atoms with van der Waals surface area (Å²) < 4.78 is 0. The van der Waals surface area contributed by atoms with E-state index in [9.17, 15) is 4.79 Å². The van der Waals surface area contributed by atoms with E-state index in [2.05, 4.69) is 56.9 Å². The molecule has 0 radical (unpaired) electrons. The molecule has 1 heterocycles. The van der Waals surface area contributed by atoms with E-state index < -0.39 is 0 Å². The van der Waals surface area contributed by atoms with Crippen molar-refractivity contribution in [3.63, 3.8) is 0 Å². The minimum absolute atomic E-state index is 0.224. The normalized spacial score (nSPS) is 15.4. The number of benzene rings is 1. The van der Waals surface area contributed by atoms with Crippen molar-refractivity contribution in [2.45, 2.75) is 65.5 Å². The van der Waals surface area contributed by atoms with Crippen LogP contribution in [0.1, 0.15) is 51.8 Å². The molecule has 2 aromatic rings. The van der Waals surface area contributed by atoms with Crippen LogP contribution in [0.2, 0.25) is 0 Å². The molecular weight excluding hydrogens is 328 g/mol. The summed E-state index contributed by atoms with van der Waals surface area (Å²) in [6.07, 6.45) is 3.75. The maximum Gasteiger partial charge on any atom is 0.229 e. The van der Waals surface area contributed by atoms with Gasteiger partial charge in [-0.2, -0.15) is 0 Å². The molecule has 1 aliphatic carbocycles. The highest BCUT2D eigenvalue weighted by atomic mass is 32.1. The minimum Gasteiger partial charge on any atom is -0.336 e. The van der Waals surface area contributed by atoms with E-state index in [-0.39, 0.29) is 5.91 Å². The van der Waals surface area contributed by atoms with Crippen molar-refractivity contribution in [1.82, 2.24) is 9.88 Å². The number of hydrogen-bond donors (Lipinski definition) is 0. The van der Waals surface area contributed by atoms with Gasteiger partial charge in [0.15, 0.2) is 0 Å². The van der Waals surface area contributed by atoms with Gasteiger partial charge in [-0.25, -0.2) is 4.98 Å². The smallest absolute Gasteiger partial charge is 0.229 e. The molecule has 25 heavy (non-hydrogen) atoms. The zero-order valence-electron chi connectivity index (χ0n) is 15.7. The second-order valence-electron chi connectivity index (χ2n) is 7.39. The molecule has 0 N–H and O–H groups in total. The minimum atomic E-state index is 0.224. The van der Waals surface area contributed by atoms with E-state index in [1.807, 2.05) is 5.38 Å². The van der Waals surface area contributed by atoms with Crippen LogP contribution in [0.3, 0.4) is 0 Å². The largest absolute Gasteiger partial charge is 0.336 e. The third kappa shape index (κ3) is 4.30. The zero-order valence-corrected chi connectivity index (χ0v) is 16.5. The van der Waals surface area contributed by atoms with Gasteiger partial charge in [-0.1, -0.05) is 45.0 Å². The van der Waals surface area contributed by atoms with E-state index in [0.29, 0.717) is 24.4 Å². The topological polar surface area (TPSA) is 33.2 Å². The van der Waals surface area contributed by atoms with Gasteiger partial charge in [0, 0.05) is 23.0 Å². The van der Waals surface area contributed by atoms with E-state index in [4.69, 9.17) is 4.98 Å². The Labute approximate surface area is 155 Å². The van der Waals surface area contributed by atoms with Crippen molar-refractivity contribution >= 4 is 17.2 Å². The van der Waals surface area contributed by atoms with Crippen LogP contribution in [-0.2, 0) is 17.6 Å². The van der Waals surface area contributed by atoms with Crippen LogP contribution in [-0.4, -0.2) is 27.9 Å². The lowest BCUT2D eigenvalue weighted by Gasteiger charge is -2.32. The molecular formula is C21H28N2OS. The fraction of sp³-hybridized carbons (Fsp3) is 0.524. The molecule has 1 saturated carbocycles. The van der Waals surface area contributed by atoms with E-state index >= 15 is 0 Å². The van der Waals surface area contributed by atoms with Gasteiger partial charge in [-0.05, 0) is 37.7 Å².